The van der Waals surface area contributed by atoms with Crippen molar-refractivity contribution < 1.29 is 24.5 Å². The largest absolute Gasteiger partial charge is 0.508 e. The van der Waals surface area contributed by atoms with Crippen LogP contribution in [0.3, 0.4) is 0 Å². The molecule has 0 spiro atoms. The lowest BCUT2D eigenvalue weighted by Crippen LogP contribution is -2.25. The van der Waals surface area contributed by atoms with Gasteiger partial charge in [-0.3, -0.25) is 4.79 Å². The topological polar surface area (TPSA) is 87.1 Å². The monoisotopic (exact) mass is 367 g/mol. The van der Waals surface area contributed by atoms with E-state index in [1.165, 1.54) is 18.2 Å². The minimum Gasteiger partial charge on any atom is -0.508 e. The Kier molecular flexibility index (Phi) is 4.66. The van der Waals surface area contributed by atoms with Crippen molar-refractivity contribution >= 4 is 17.4 Å². The van der Waals surface area contributed by atoms with Crippen LogP contribution in [0, 0.1) is 0 Å². The average molecular weight is 367 g/mol. The summed E-state index contributed by atoms with van der Waals surface area (Å²) in [7, 11) is 1.90. The molecule has 1 aliphatic heterocycles. The Morgan fingerprint density at radius 2 is 1.85 bits per heavy atom. The third-order valence-corrected chi connectivity index (χ3v) is 4.78. The van der Waals surface area contributed by atoms with Crippen molar-refractivity contribution in [2.75, 3.05) is 18.6 Å². The number of fused-ring (bicyclic) bond motifs is 1. The summed E-state index contributed by atoms with van der Waals surface area (Å²) in [6.45, 7) is 3.63. The smallest absolute Gasteiger partial charge is 0.342 e. The van der Waals surface area contributed by atoms with Crippen molar-refractivity contribution in [1.29, 1.82) is 0 Å². The highest BCUT2D eigenvalue weighted by atomic mass is 16.5. The van der Waals surface area contributed by atoms with Crippen molar-refractivity contribution in [3.8, 4) is 11.5 Å². The Bertz CT molecular complexity index is 945. The second-order valence-corrected chi connectivity index (χ2v) is 6.97. The number of carbonyl (C=O) groups is 2. The highest BCUT2D eigenvalue weighted by Crippen LogP contribution is 2.46. The number of likely N-dealkylation sites (N-methyl/N-ethyl adjacent to an activating group) is 1. The second-order valence-electron chi connectivity index (χ2n) is 6.97. The summed E-state index contributed by atoms with van der Waals surface area (Å²) in [5.41, 5.74) is 2.52. The van der Waals surface area contributed by atoms with E-state index in [9.17, 15) is 19.8 Å². The number of esters is 1. The van der Waals surface area contributed by atoms with Crippen molar-refractivity contribution in [2.24, 2.45) is 0 Å². The fraction of sp³-hybridized carbons (Fsp3) is 0.238. The number of ether oxygens (including phenoxy) is 1. The maximum atomic E-state index is 12.4. The molecule has 2 aromatic rings. The SMILES string of the molecule is CN1/C(=C\C(=O)COC(=O)c2ccc(O)cc2O)C(C)(C)c2ccccc21. The number of benzene rings is 2. The summed E-state index contributed by atoms with van der Waals surface area (Å²) in [6.07, 6.45) is 1.49. The molecule has 0 saturated carbocycles. The zero-order valence-electron chi connectivity index (χ0n) is 15.4. The first-order valence-corrected chi connectivity index (χ1v) is 8.49. The van der Waals surface area contributed by atoms with Gasteiger partial charge < -0.3 is 19.8 Å². The summed E-state index contributed by atoms with van der Waals surface area (Å²) in [4.78, 5) is 26.4. The molecule has 0 fully saturated rings. The van der Waals surface area contributed by atoms with Crippen LogP contribution in [0.25, 0.3) is 0 Å². The molecule has 6 nitrogen and oxygen atoms in total. The molecule has 6 heteroatoms. The third kappa shape index (κ3) is 3.38. The Balaban J connectivity index is 1.73. The van der Waals surface area contributed by atoms with Crippen LogP contribution < -0.4 is 4.90 Å². The molecule has 140 valence electrons. The molecule has 0 radical (unpaired) electrons. The molecule has 27 heavy (non-hydrogen) atoms. The second kappa shape index (κ2) is 6.79. The summed E-state index contributed by atoms with van der Waals surface area (Å²) >= 11 is 0. The first-order valence-electron chi connectivity index (χ1n) is 8.49. The zero-order chi connectivity index (χ0) is 19.8. The Morgan fingerprint density at radius 3 is 2.52 bits per heavy atom. The number of phenols is 2. The minimum absolute atomic E-state index is 0.112. The zero-order valence-corrected chi connectivity index (χ0v) is 15.4. The Labute approximate surface area is 157 Å². The lowest BCUT2D eigenvalue weighted by molar-refractivity contribution is -0.117. The van der Waals surface area contributed by atoms with E-state index in [0.29, 0.717) is 0 Å². The molecule has 0 bridgehead atoms. The molecular formula is C21H21NO5. The van der Waals surface area contributed by atoms with Crippen LogP contribution in [0.2, 0.25) is 0 Å². The molecular weight excluding hydrogens is 346 g/mol. The normalized spacial score (nSPS) is 16.3. The molecule has 1 heterocycles. The van der Waals surface area contributed by atoms with E-state index < -0.39 is 18.3 Å². The van der Waals surface area contributed by atoms with Gasteiger partial charge >= 0.3 is 5.97 Å². The number of anilines is 1. The van der Waals surface area contributed by atoms with Gasteiger partial charge in [-0.05, 0) is 23.8 Å². The van der Waals surface area contributed by atoms with Gasteiger partial charge in [0.05, 0.1) is 0 Å². The molecule has 0 unspecified atom stereocenters. The molecule has 0 saturated heterocycles. The maximum absolute atomic E-state index is 12.4. The highest BCUT2D eigenvalue weighted by Gasteiger charge is 2.38. The predicted molar refractivity (Wildman–Crippen MR) is 101 cm³/mol. The van der Waals surface area contributed by atoms with E-state index in [1.54, 1.807) is 0 Å². The number of allylic oxidation sites excluding steroid dienone is 1. The number of phenolic OH excluding ortho intramolecular Hbond substituents is 2. The number of rotatable bonds is 4. The number of hydrogen-bond donors (Lipinski definition) is 2. The van der Waals surface area contributed by atoms with Crippen LogP contribution in [-0.2, 0) is 14.9 Å². The van der Waals surface area contributed by atoms with E-state index >= 15 is 0 Å². The molecule has 2 N–H and O–H groups in total. The van der Waals surface area contributed by atoms with Gasteiger partial charge in [0.15, 0.2) is 12.4 Å². The van der Waals surface area contributed by atoms with E-state index in [2.05, 4.69) is 0 Å². The number of para-hydroxylation sites is 1. The van der Waals surface area contributed by atoms with E-state index in [-0.39, 0.29) is 22.5 Å². The summed E-state index contributed by atoms with van der Waals surface area (Å²) in [5.74, 6) is -1.76. The van der Waals surface area contributed by atoms with Crippen molar-refractivity contribution in [3.05, 3.63) is 65.4 Å². The van der Waals surface area contributed by atoms with Crippen LogP contribution in [0.15, 0.2) is 54.2 Å². The van der Waals surface area contributed by atoms with Crippen LogP contribution in [0.1, 0.15) is 29.8 Å². The van der Waals surface area contributed by atoms with E-state index in [1.807, 2.05) is 50.1 Å². The van der Waals surface area contributed by atoms with Gasteiger partial charge in [-0.15, -0.1) is 0 Å². The van der Waals surface area contributed by atoms with Gasteiger partial charge in [-0.25, -0.2) is 4.79 Å². The van der Waals surface area contributed by atoms with Gasteiger partial charge in [0, 0.05) is 36.0 Å². The first kappa shape index (κ1) is 18.5. The van der Waals surface area contributed by atoms with Crippen LogP contribution in [0.4, 0.5) is 5.69 Å². The third-order valence-electron chi connectivity index (χ3n) is 4.78. The van der Waals surface area contributed by atoms with Crippen molar-refractivity contribution in [1.82, 2.24) is 0 Å². The van der Waals surface area contributed by atoms with Gasteiger partial charge in [-0.1, -0.05) is 32.0 Å². The van der Waals surface area contributed by atoms with E-state index in [4.69, 9.17) is 4.74 Å². The minimum atomic E-state index is -0.832. The fourth-order valence-electron chi connectivity index (χ4n) is 3.36. The number of carbonyl (C=O) groups excluding carboxylic acids is 2. The fourth-order valence-corrected chi connectivity index (χ4v) is 3.36. The number of aromatic hydroxyl groups is 2. The molecule has 0 atom stereocenters. The summed E-state index contributed by atoms with van der Waals surface area (Å²) in [5, 5.41) is 19.0. The van der Waals surface area contributed by atoms with Gasteiger partial charge in [-0.2, -0.15) is 0 Å². The van der Waals surface area contributed by atoms with Crippen molar-refractivity contribution in [3.63, 3.8) is 0 Å². The molecule has 0 amide bonds. The van der Waals surface area contributed by atoms with E-state index in [0.717, 1.165) is 23.0 Å². The molecule has 0 aliphatic carbocycles. The summed E-state index contributed by atoms with van der Waals surface area (Å²) in [6, 6.07) is 11.5. The number of nitrogens with zero attached hydrogens (tertiary/aromatic N) is 1. The number of hydrogen-bond acceptors (Lipinski definition) is 6. The Hall–Kier alpha value is -3.28. The molecule has 3 rings (SSSR count). The highest BCUT2D eigenvalue weighted by molar-refractivity contribution is 5.97. The lowest BCUT2D eigenvalue weighted by Gasteiger charge is -2.23. The van der Waals surface area contributed by atoms with Crippen molar-refractivity contribution in [2.45, 2.75) is 19.3 Å². The maximum Gasteiger partial charge on any atom is 0.342 e. The van der Waals surface area contributed by atoms with Crippen LogP contribution >= 0.6 is 0 Å². The van der Waals surface area contributed by atoms with Gasteiger partial charge in [0.2, 0.25) is 0 Å². The molecule has 2 aromatic carbocycles. The molecule has 0 aromatic heterocycles. The quantitative estimate of drug-likeness (QED) is 0.638. The number of ketones is 1. The van der Waals surface area contributed by atoms with Crippen LogP contribution in [-0.4, -0.2) is 35.6 Å². The summed E-state index contributed by atoms with van der Waals surface area (Å²) < 4.78 is 5.01. The first-order chi connectivity index (χ1) is 12.7. The predicted octanol–water partition coefficient (Wildman–Crippen LogP) is 3.14. The lowest BCUT2D eigenvalue weighted by atomic mass is 9.83. The average Bonchev–Trinajstić information content (AvgIpc) is 2.81. The van der Waals surface area contributed by atoms with Crippen LogP contribution in [0.5, 0.6) is 11.5 Å². The Morgan fingerprint density at radius 1 is 1.15 bits per heavy atom. The van der Waals surface area contributed by atoms with Gasteiger partial charge in [0.1, 0.15) is 17.1 Å². The van der Waals surface area contributed by atoms with Gasteiger partial charge in [0.25, 0.3) is 0 Å². The molecule has 1 aliphatic rings. The standard InChI is InChI=1S/C21H21NO5/c1-21(2)16-6-4-5-7-17(16)22(3)19(21)11-14(24)12-27-20(26)15-9-8-13(23)10-18(15)25/h4-11,23,25H,12H2,1-3H3/b19-11-.